The van der Waals surface area contributed by atoms with Crippen LogP contribution in [0, 0.1) is 0 Å². The highest BCUT2D eigenvalue weighted by molar-refractivity contribution is 7.85. The molecule has 1 heterocycles. The number of hydrogen-bond donors (Lipinski definition) is 2. The van der Waals surface area contributed by atoms with Crippen LogP contribution in [-0.2, 0) is 26.7 Å². The molecule has 8 heteroatoms. The number of carbonyl (C=O) groups excluding carboxylic acids is 2. The van der Waals surface area contributed by atoms with Crippen LogP contribution >= 0.6 is 0 Å². The van der Waals surface area contributed by atoms with Crippen molar-refractivity contribution in [3.63, 3.8) is 0 Å². The molecule has 1 amide bonds. The number of Topliss-reactive ketones (excluding diaryl/α,β-unsaturated/α-hetero) is 1. The molecule has 0 saturated carbocycles. The first kappa shape index (κ1) is 31.9. The molecule has 0 saturated heterocycles. The maximum atomic E-state index is 13.8. The van der Waals surface area contributed by atoms with Crippen LogP contribution in [0.1, 0.15) is 66.6 Å². The van der Waals surface area contributed by atoms with Crippen LogP contribution in [0.15, 0.2) is 108 Å². The van der Waals surface area contributed by atoms with Crippen molar-refractivity contribution in [2.75, 3.05) is 11.1 Å². The number of furan rings is 1. The van der Waals surface area contributed by atoms with E-state index in [2.05, 4.69) is 38.2 Å². The zero-order chi connectivity index (χ0) is 32.2. The van der Waals surface area contributed by atoms with Crippen molar-refractivity contribution in [3.8, 4) is 11.3 Å². The van der Waals surface area contributed by atoms with Gasteiger partial charge in [-0.25, -0.2) is 0 Å². The molecule has 4 aromatic carbocycles. The Morgan fingerprint density at radius 3 is 2.16 bits per heavy atom. The molecule has 2 N–H and O–H groups in total. The lowest BCUT2D eigenvalue weighted by Gasteiger charge is -2.22. The Kier molecular flexibility index (Phi) is 9.37. The summed E-state index contributed by atoms with van der Waals surface area (Å²) in [5.41, 5.74) is 5.75. The van der Waals surface area contributed by atoms with Gasteiger partial charge in [0.25, 0.3) is 10.1 Å². The third-order valence-corrected chi connectivity index (χ3v) is 8.68. The molecule has 0 aliphatic heterocycles. The minimum Gasteiger partial charge on any atom is -0.456 e. The summed E-state index contributed by atoms with van der Waals surface area (Å²) in [5.74, 6) is -0.551. The lowest BCUT2D eigenvalue weighted by molar-refractivity contribution is -0.117. The van der Waals surface area contributed by atoms with E-state index in [1.165, 1.54) is 5.56 Å². The molecule has 1 unspecified atom stereocenters. The molecular formula is C37H37NO6S. The first-order chi connectivity index (χ1) is 21.4. The maximum absolute atomic E-state index is 13.8. The van der Waals surface area contributed by atoms with Gasteiger partial charge in [-0.2, -0.15) is 8.42 Å². The van der Waals surface area contributed by atoms with Crippen molar-refractivity contribution < 1.29 is 27.0 Å². The SMILES string of the molecule is CC(C)(C)c1ccc(C(Cc2ccc(C(=O)CCCS(=O)(=O)O)cc2)C(=O)Nc2ccc(-c3cc4ccccc4o3)cc2)cc1. The molecule has 0 aliphatic rings. The highest BCUT2D eigenvalue weighted by atomic mass is 32.2. The van der Waals surface area contributed by atoms with Crippen LogP contribution in [0.3, 0.4) is 0 Å². The number of fused-ring (bicyclic) bond motifs is 1. The molecule has 0 bridgehead atoms. The predicted molar refractivity (Wildman–Crippen MR) is 178 cm³/mol. The van der Waals surface area contributed by atoms with E-state index in [1.807, 2.05) is 78.9 Å². The summed E-state index contributed by atoms with van der Waals surface area (Å²) in [4.78, 5) is 26.3. The van der Waals surface area contributed by atoms with Crippen LogP contribution in [0.2, 0.25) is 0 Å². The van der Waals surface area contributed by atoms with Crippen molar-refractivity contribution in [2.24, 2.45) is 0 Å². The van der Waals surface area contributed by atoms with E-state index in [0.29, 0.717) is 17.7 Å². The molecule has 0 aliphatic carbocycles. The molecule has 1 aromatic heterocycles. The Morgan fingerprint density at radius 2 is 1.53 bits per heavy atom. The molecule has 1 atom stereocenters. The minimum absolute atomic E-state index is 0.0133. The molecule has 0 fully saturated rings. The quantitative estimate of drug-likeness (QED) is 0.113. The number of anilines is 1. The molecule has 5 rings (SSSR count). The summed E-state index contributed by atoms with van der Waals surface area (Å²) in [6.07, 6.45) is 0.472. The number of nitrogens with one attached hydrogen (secondary N) is 1. The number of rotatable bonds is 11. The summed E-state index contributed by atoms with van der Waals surface area (Å²) >= 11 is 0. The van der Waals surface area contributed by atoms with Gasteiger partial charge in [-0.15, -0.1) is 0 Å². The largest absolute Gasteiger partial charge is 0.456 e. The molecule has 45 heavy (non-hydrogen) atoms. The van der Waals surface area contributed by atoms with Crippen LogP contribution in [0.4, 0.5) is 5.69 Å². The van der Waals surface area contributed by atoms with E-state index < -0.39 is 21.8 Å². The average Bonchev–Trinajstić information content (AvgIpc) is 3.44. The molecule has 5 aromatic rings. The fourth-order valence-corrected chi connectivity index (χ4v) is 5.78. The second-order valence-corrected chi connectivity index (χ2v) is 13.9. The maximum Gasteiger partial charge on any atom is 0.264 e. The Labute approximate surface area is 264 Å². The summed E-state index contributed by atoms with van der Waals surface area (Å²) in [6, 6.07) is 32.6. The third-order valence-electron chi connectivity index (χ3n) is 7.88. The van der Waals surface area contributed by atoms with Gasteiger partial charge >= 0.3 is 0 Å². The zero-order valence-electron chi connectivity index (χ0n) is 25.6. The monoisotopic (exact) mass is 623 g/mol. The van der Waals surface area contributed by atoms with E-state index >= 15 is 0 Å². The first-order valence-corrected chi connectivity index (χ1v) is 16.5. The summed E-state index contributed by atoms with van der Waals surface area (Å²) < 4.78 is 36.8. The van der Waals surface area contributed by atoms with Gasteiger partial charge in [0.15, 0.2) is 5.78 Å². The Balaban J connectivity index is 1.33. The number of para-hydroxylation sites is 1. The van der Waals surface area contributed by atoms with Gasteiger partial charge in [0.05, 0.1) is 11.7 Å². The molecule has 0 radical (unpaired) electrons. The third kappa shape index (κ3) is 8.35. The van der Waals surface area contributed by atoms with Crippen molar-refractivity contribution in [1.82, 2.24) is 0 Å². The van der Waals surface area contributed by atoms with E-state index in [4.69, 9.17) is 8.97 Å². The van der Waals surface area contributed by atoms with Crippen molar-refractivity contribution in [1.29, 1.82) is 0 Å². The molecule has 7 nitrogen and oxygen atoms in total. The van der Waals surface area contributed by atoms with E-state index in [-0.39, 0.29) is 29.9 Å². The van der Waals surface area contributed by atoms with Crippen LogP contribution in [-0.4, -0.2) is 30.4 Å². The van der Waals surface area contributed by atoms with Crippen molar-refractivity contribution in [3.05, 3.63) is 125 Å². The zero-order valence-corrected chi connectivity index (χ0v) is 26.4. The molecule has 0 spiro atoms. The van der Waals surface area contributed by atoms with Gasteiger partial charge in [-0.1, -0.05) is 87.5 Å². The highest BCUT2D eigenvalue weighted by Gasteiger charge is 2.23. The van der Waals surface area contributed by atoms with Crippen molar-refractivity contribution in [2.45, 2.75) is 51.4 Å². The van der Waals surface area contributed by atoms with Gasteiger partial charge in [0.1, 0.15) is 11.3 Å². The van der Waals surface area contributed by atoms with Gasteiger partial charge in [-0.05, 0) is 71.3 Å². The van der Waals surface area contributed by atoms with Crippen molar-refractivity contribution >= 4 is 38.5 Å². The smallest absolute Gasteiger partial charge is 0.264 e. The number of carbonyl (C=O) groups is 2. The first-order valence-electron chi connectivity index (χ1n) is 14.9. The van der Waals surface area contributed by atoms with Gasteiger partial charge < -0.3 is 9.73 Å². The normalized spacial score (nSPS) is 12.6. The van der Waals surface area contributed by atoms with E-state index in [0.717, 1.165) is 33.4 Å². The Morgan fingerprint density at radius 1 is 0.867 bits per heavy atom. The number of amides is 1. The second-order valence-electron chi connectivity index (χ2n) is 12.4. The predicted octanol–water partition coefficient (Wildman–Crippen LogP) is 8.21. The topological polar surface area (TPSA) is 114 Å². The molecular weight excluding hydrogens is 586 g/mol. The van der Waals surface area contributed by atoms with Crippen LogP contribution in [0.5, 0.6) is 0 Å². The van der Waals surface area contributed by atoms with E-state index in [9.17, 15) is 18.0 Å². The number of hydrogen-bond acceptors (Lipinski definition) is 5. The standard InChI is InChI=1S/C37H37NO6S/c1-37(2,3)30-18-14-26(15-19-30)32(23-25-10-12-27(13-11-25)33(39)8-6-22-45(41,42)43)36(40)38-31-20-16-28(17-21-31)35-24-29-7-4-5-9-34(29)44-35/h4-5,7,9-21,24,32H,6,8,22-23H2,1-3H3,(H,38,40)(H,41,42,43). The van der Waals surface area contributed by atoms with Crippen LogP contribution in [0.25, 0.3) is 22.3 Å². The summed E-state index contributed by atoms with van der Waals surface area (Å²) in [6.45, 7) is 6.44. The highest BCUT2D eigenvalue weighted by Crippen LogP contribution is 2.30. The summed E-state index contributed by atoms with van der Waals surface area (Å²) in [5, 5.41) is 4.11. The lowest BCUT2D eigenvalue weighted by Crippen LogP contribution is -2.23. The van der Waals surface area contributed by atoms with Crippen LogP contribution < -0.4 is 5.32 Å². The second kappa shape index (κ2) is 13.2. The molecule has 232 valence electrons. The summed E-state index contributed by atoms with van der Waals surface area (Å²) in [7, 11) is -4.11. The Hall–Kier alpha value is -4.53. The van der Waals surface area contributed by atoms with E-state index in [1.54, 1.807) is 12.1 Å². The van der Waals surface area contributed by atoms with Gasteiger partial charge in [-0.3, -0.25) is 14.1 Å². The minimum atomic E-state index is -4.11. The fourth-order valence-electron chi connectivity index (χ4n) is 5.27. The van der Waals surface area contributed by atoms with Gasteiger partial charge in [0.2, 0.25) is 5.91 Å². The lowest BCUT2D eigenvalue weighted by atomic mass is 9.84. The van der Waals surface area contributed by atoms with Gasteiger partial charge in [0, 0.05) is 28.6 Å². The Bertz CT molecular complexity index is 1870. The fraction of sp³-hybridized carbons (Fsp3) is 0.243. The number of ketones is 1. The average molecular weight is 624 g/mol. The number of benzene rings is 4.